The third kappa shape index (κ3) is 4.52. The molecule has 146 valence electrons. The highest BCUT2D eigenvalue weighted by atomic mass is 16.5. The van der Waals surface area contributed by atoms with E-state index in [0.29, 0.717) is 35.3 Å². The second kappa shape index (κ2) is 8.61. The molecule has 6 heteroatoms. The molecule has 1 N–H and O–H groups in total. The zero-order chi connectivity index (χ0) is 20.1. The Balaban J connectivity index is 1.62. The van der Waals surface area contributed by atoms with Crippen LogP contribution in [-0.2, 0) is 11.2 Å². The Morgan fingerprint density at radius 1 is 1.07 bits per heavy atom. The maximum absolute atomic E-state index is 12.3. The summed E-state index contributed by atoms with van der Waals surface area (Å²) in [7, 11) is 3.13. The van der Waals surface area contributed by atoms with E-state index in [1.807, 2.05) is 6.07 Å². The fourth-order valence-corrected chi connectivity index (χ4v) is 2.80. The first-order chi connectivity index (χ1) is 13.5. The monoisotopic (exact) mass is 380 g/mol. The first-order valence-electron chi connectivity index (χ1n) is 9.04. The third-order valence-electron chi connectivity index (χ3n) is 4.59. The van der Waals surface area contributed by atoms with Crippen molar-refractivity contribution in [1.29, 1.82) is 0 Å². The molecule has 6 nitrogen and oxygen atoms in total. The van der Waals surface area contributed by atoms with Gasteiger partial charge in [0, 0.05) is 24.5 Å². The van der Waals surface area contributed by atoms with Crippen molar-refractivity contribution in [3.05, 3.63) is 59.6 Å². The number of rotatable bonds is 7. The van der Waals surface area contributed by atoms with Crippen LogP contribution in [0.4, 0.5) is 5.69 Å². The van der Waals surface area contributed by atoms with Crippen molar-refractivity contribution in [2.24, 2.45) is 0 Å². The molecule has 0 fully saturated rings. The van der Waals surface area contributed by atoms with Gasteiger partial charge in [-0.2, -0.15) is 0 Å². The number of benzene rings is 2. The molecule has 0 spiro atoms. The molecule has 2 aromatic carbocycles. The zero-order valence-electron chi connectivity index (χ0n) is 16.5. The molecule has 3 aromatic rings. The first kappa shape index (κ1) is 19.5. The fourth-order valence-electron chi connectivity index (χ4n) is 2.80. The van der Waals surface area contributed by atoms with Crippen molar-refractivity contribution in [2.45, 2.75) is 26.7 Å². The number of carbonyl (C=O) groups excluding carboxylic acids is 1. The molecule has 0 saturated carbocycles. The highest BCUT2D eigenvalue weighted by molar-refractivity contribution is 5.92. The van der Waals surface area contributed by atoms with Gasteiger partial charge in [0.2, 0.25) is 5.91 Å². The lowest BCUT2D eigenvalue weighted by molar-refractivity contribution is -0.116. The van der Waals surface area contributed by atoms with E-state index in [0.717, 1.165) is 5.56 Å². The SMILES string of the molecule is COc1ccc(OC)c(NC(=O)CCc2ncc(-c3ccc(C)c(C)c3)o2)c1. The molecule has 0 aliphatic carbocycles. The second-order valence-electron chi connectivity index (χ2n) is 6.53. The van der Waals surface area contributed by atoms with Gasteiger partial charge in [-0.05, 0) is 43.2 Å². The van der Waals surface area contributed by atoms with Crippen LogP contribution in [0.5, 0.6) is 11.5 Å². The number of ether oxygens (including phenoxy) is 2. The summed E-state index contributed by atoms with van der Waals surface area (Å²) in [5.74, 6) is 2.29. The number of methoxy groups -OCH3 is 2. The summed E-state index contributed by atoms with van der Waals surface area (Å²) in [4.78, 5) is 16.6. The Bertz CT molecular complexity index is 978. The molecular weight excluding hydrogens is 356 g/mol. The number of anilines is 1. The minimum absolute atomic E-state index is 0.155. The van der Waals surface area contributed by atoms with E-state index < -0.39 is 0 Å². The second-order valence-corrected chi connectivity index (χ2v) is 6.53. The van der Waals surface area contributed by atoms with Gasteiger partial charge < -0.3 is 19.2 Å². The maximum Gasteiger partial charge on any atom is 0.224 e. The predicted octanol–water partition coefficient (Wildman–Crippen LogP) is 4.55. The number of nitrogens with zero attached hydrogens (tertiary/aromatic N) is 1. The molecule has 0 bridgehead atoms. The van der Waals surface area contributed by atoms with E-state index in [-0.39, 0.29) is 12.3 Å². The molecule has 1 heterocycles. The smallest absolute Gasteiger partial charge is 0.224 e. The Labute approximate surface area is 164 Å². The van der Waals surface area contributed by atoms with Gasteiger partial charge in [-0.15, -0.1) is 0 Å². The van der Waals surface area contributed by atoms with Crippen LogP contribution >= 0.6 is 0 Å². The van der Waals surface area contributed by atoms with E-state index in [1.165, 1.54) is 11.1 Å². The van der Waals surface area contributed by atoms with Crippen LogP contribution in [0.15, 0.2) is 47.0 Å². The van der Waals surface area contributed by atoms with Gasteiger partial charge in [-0.1, -0.05) is 12.1 Å². The van der Waals surface area contributed by atoms with Crippen LogP contribution in [0.2, 0.25) is 0 Å². The van der Waals surface area contributed by atoms with Crippen molar-refractivity contribution in [2.75, 3.05) is 19.5 Å². The minimum Gasteiger partial charge on any atom is -0.497 e. The summed E-state index contributed by atoms with van der Waals surface area (Å²) in [5, 5.41) is 2.85. The molecule has 0 saturated heterocycles. The van der Waals surface area contributed by atoms with Crippen LogP contribution in [0.25, 0.3) is 11.3 Å². The molecule has 1 amide bonds. The molecule has 3 rings (SSSR count). The lowest BCUT2D eigenvalue weighted by atomic mass is 10.1. The average Bonchev–Trinajstić information content (AvgIpc) is 3.17. The van der Waals surface area contributed by atoms with Crippen LogP contribution in [-0.4, -0.2) is 25.1 Å². The molecule has 1 aromatic heterocycles. The van der Waals surface area contributed by atoms with Crippen molar-refractivity contribution < 1.29 is 18.7 Å². The van der Waals surface area contributed by atoms with Crippen LogP contribution in [0, 0.1) is 13.8 Å². The minimum atomic E-state index is -0.155. The number of oxazole rings is 1. The number of nitrogens with one attached hydrogen (secondary N) is 1. The van der Waals surface area contributed by atoms with Crippen LogP contribution in [0.3, 0.4) is 0 Å². The average molecular weight is 380 g/mol. The molecular formula is C22H24N2O4. The van der Waals surface area contributed by atoms with E-state index in [2.05, 4.69) is 36.3 Å². The normalized spacial score (nSPS) is 10.6. The van der Waals surface area contributed by atoms with Crippen LogP contribution < -0.4 is 14.8 Å². The number of amides is 1. The standard InChI is InChI=1S/C22H24N2O4/c1-14-5-6-16(11-15(14)2)20-13-23-22(28-20)10-9-21(25)24-18-12-17(26-3)7-8-19(18)27-4/h5-8,11-13H,9-10H2,1-4H3,(H,24,25). The molecule has 0 radical (unpaired) electrons. The summed E-state index contributed by atoms with van der Waals surface area (Å²) in [6.07, 6.45) is 2.35. The highest BCUT2D eigenvalue weighted by Gasteiger charge is 2.12. The van der Waals surface area contributed by atoms with Gasteiger partial charge in [-0.3, -0.25) is 4.79 Å². The summed E-state index contributed by atoms with van der Waals surface area (Å²) in [6, 6.07) is 11.4. The summed E-state index contributed by atoms with van der Waals surface area (Å²) < 4.78 is 16.3. The fraction of sp³-hybridized carbons (Fsp3) is 0.273. The lowest BCUT2D eigenvalue weighted by Gasteiger charge is -2.11. The quantitative estimate of drug-likeness (QED) is 0.651. The number of carbonyl (C=O) groups is 1. The first-order valence-corrected chi connectivity index (χ1v) is 9.04. The van der Waals surface area contributed by atoms with Gasteiger partial charge in [0.15, 0.2) is 11.7 Å². The van der Waals surface area contributed by atoms with Crippen molar-refractivity contribution in [3.63, 3.8) is 0 Å². The molecule has 28 heavy (non-hydrogen) atoms. The van der Waals surface area contributed by atoms with E-state index in [1.54, 1.807) is 38.6 Å². The van der Waals surface area contributed by atoms with Crippen LogP contribution in [0.1, 0.15) is 23.4 Å². The van der Waals surface area contributed by atoms with Gasteiger partial charge >= 0.3 is 0 Å². The maximum atomic E-state index is 12.3. The van der Waals surface area contributed by atoms with Gasteiger partial charge in [-0.25, -0.2) is 4.98 Å². The lowest BCUT2D eigenvalue weighted by Crippen LogP contribution is -2.13. The largest absolute Gasteiger partial charge is 0.497 e. The number of hydrogen-bond donors (Lipinski definition) is 1. The summed E-state index contributed by atoms with van der Waals surface area (Å²) >= 11 is 0. The highest BCUT2D eigenvalue weighted by Crippen LogP contribution is 2.29. The van der Waals surface area contributed by atoms with Gasteiger partial charge in [0.25, 0.3) is 0 Å². The topological polar surface area (TPSA) is 73.6 Å². The van der Waals surface area contributed by atoms with E-state index >= 15 is 0 Å². The van der Waals surface area contributed by atoms with Gasteiger partial charge in [0.05, 0.1) is 26.1 Å². The Morgan fingerprint density at radius 2 is 1.89 bits per heavy atom. The van der Waals surface area contributed by atoms with Crippen molar-refractivity contribution in [1.82, 2.24) is 4.98 Å². The summed E-state index contributed by atoms with van der Waals surface area (Å²) in [6.45, 7) is 4.13. The molecule has 0 aliphatic heterocycles. The number of aryl methyl sites for hydroxylation is 3. The zero-order valence-corrected chi connectivity index (χ0v) is 16.5. The summed E-state index contributed by atoms with van der Waals surface area (Å²) in [5.41, 5.74) is 3.97. The predicted molar refractivity (Wildman–Crippen MR) is 108 cm³/mol. The van der Waals surface area contributed by atoms with Crippen molar-refractivity contribution in [3.8, 4) is 22.8 Å². The molecule has 0 atom stereocenters. The Hall–Kier alpha value is -3.28. The Kier molecular flexibility index (Phi) is 5.99. The third-order valence-corrected chi connectivity index (χ3v) is 4.59. The van der Waals surface area contributed by atoms with E-state index in [4.69, 9.17) is 13.9 Å². The Morgan fingerprint density at radius 3 is 2.61 bits per heavy atom. The molecule has 0 aliphatic rings. The number of hydrogen-bond acceptors (Lipinski definition) is 5. The van der Waals surface area contributed by atoms with Crippen molar-refractivity contribution >= 4 is 11.6 Å². The number of aromatic nitrogens is 1. The van der Waals surface area contributed by atoms with E-state index in [9.17, 15) is 4.79 Å². The van der Waals surface area contributed by atoms with Gasteiger partial charge in [0.1, 0.15) is 11.5 Å². The molecule has 0 unspecified atom stereocenters.